The molecule has 4 nitrogen and oxygen atoms in total. The van der Waals surface area contributed by atoms with Crippen molar-refractivity contribution in [2.45, 2.75) is 0 Å². The summed E-state index contributed by atoms with van der Waals surface area (Å²) >= 11 is 6.07. The van der Waals surface area contributed by atoms with Crippen LogP contribution in [0.2, 0.25) is 0 Å². The van der Waals surface area contributed by atoms with E-state index in [9.17, 15) is 4.57 Å². The van der Waals surface area contributed by atoms with Gasteiger partial charge in [0.2, 0.25) is 0 Å². The van der Waals surface area contributed by atoms with E-state index in [1.54, 1.807) is 12.1 Å². The molecule has 0 spiro atoms. The van der Waals surface area contributed by atoms with Gasteiger partial charge >= 0.3 is 7.82 Å². The molecule has 8 heteroatoms. The largest absolute Gasteiger partial charge is 0.524 e. The van der Waals surface area contributed by atoms with Crippen LogP contribution in [0.4, 0.5) is 0 Å². The highest BCUT2D eigenvalue weighted by Crippen LogP contribution is 2.42. The Kier molecular flexibility index (Phi) is 4.92. The molecule has 2 N–H and O–H groups in total. The number of hydrogen-bond acceptors (Lipinski definition) is 2. The number of hydrogen-bond donors (Lipinski definition) is 2. The molecule has 14 heavy (non-hydrogen) atoms. The summed E-state index contributed by atoms with van der Waals surface area (Å²) in [6.45, 7) is 0. The lowest BCUT2D eigenvalue weighted by Gasteiger charge is -2.10. The first-order valence-corrected chi connectivity index (χ1v) is 7.96. The third kappa shape index (κ3) is 4.08. The molecular weight excluding hydrogens is 548 g/mol. The molecule has 0 radical (unpaired) electrons. The maximum Gasteiger partial charge on any atom is 0.524 e. The summed E-state index contributed by atoms with van der Waals surface area (Å²) < 4.78 is 17.6. The molecule has 0 aliphatic rings. The van der Waals surface area contributed by atoms with Crippen molar-refractivity contribution in [3.8, 4) is 5.75 Å². The van der Waals surface area contributed by atoms with Gasteiger partial charge in [-0.3, -0.25) is 9.79 Å². The van der Waals surface area contributed by atoms with E-state index in [2.05, 4.69) is 27.1 Å². The van der Waals surface area contributed by atoms with E-state index in [0.717, 1.165) is 3.57 Å². The Morgan fingerprint density at radius 3 is 1.93 bits per heavy atom. The van der Waals surface area contributed by atoms with Gasteiger partial charge in [-0.15, -0.1) is 0 Å². The fraction of sp³-hybridized carbons (Fsp3) is 0. The Morgan fingerprint density at radius 2 is 1.57 bits per heavy atom. The molecule has 0 saturated heterocycles. The summed E-state index contributed by atoms with van der Waals surface area (Å²) in [4.78, 5) is 17.3. The number of halogens is 3. The van der Waals surface area contributed by atoms with Gasteiger partial charge in [-0.2, -0.15) is 0 Å². The van der Waals surface area contributed by atoms with Crippen LogP contribution >= 0.6 is 75.6 Å². The first-order chi connectivity index (χ1) is 6.29. The van der Waals surface area contributed by atoms with Crippen LogP contribution in [0.25, 0.3) is 0 Å². The molecule has 0 aromatic heterocycles. The average molecular weight is 552 g/mol. The van der Waals surface area contributed by atoms with Gasteiger partial charge in [-0.05, 0) is 79.9 Å². The van der Waals surface area contributed by atoms with E-state index in [4.69, 9.17) is 9.79 Å². The maximum absolute atomic E-state index is 10.7. The molecule has 0 fully saturated rings. The first kappa shape index (κ1) is 13.4. The van der Waals surface area contributed by atoms with Gasteiger partial charge in [0.15, 0.2) is 5.75 Å². The summed E-state index contributed by atoms with van der Waals surface area (Å²) in [6, 6.07) is 3.57. The van der Waals surface area contributed by atoms with Crippen molar-refractivity contribution >= 4 is 75.6 Å². The molecule has 0 bridgehead atoms. The third-order valence-corrected chi connectivity index (χ3v) is 3.82. The molecule has 0 saturated carbocycles. The second-order valence-electron chi connectivity index (χ2n) is 2.28. The van der Waals surface area contributed by atoms with Crippen LogP contribution < -0.4 is 4.52 Å². The molecular formula is C6H4I3O4P. The summed E-state index contributed by atoms with van der Waals surface area (Å²) in [5.74, 6) is 0.236. The van der Waals surface area contributed by atoms with E-state index in [1.165, 1.54) is 0 Å². The molecule has 1 rings (SSSR count). The van der Waals surface area contributed by atoms with Crippen molar-refractivity contribution < 1.29 is 18.9 Å². The fourth-order valence-electron chi connectivity index (χ4n) is 0.735. The SMILES string of the molecule is O=P(O)(O)Oc1c(I)cc(I)cc1I. The van der Waals surface area contributed by atoms with Crippen molar-refractivity contribution in [1.82, 2.24) is 0 Å². The number of rotatable bonds is 2. The van der Waals surface area contributed by atoms with E-state index in [1.807, 2.05) is 45.2 Å². The predicted molar refractivity (Wildman–Crippen MR) is 77.3 cm³/mol. The van der Waals surface area contributed by atoms with Gasteiger partial charge in [0, 0.05) is 3.57 Å². The van der Waals surface area contributed by atoms with Crippen LogP contribution in [0.3, 0.4) is 0 Å². The molecule has 0 aliphatic carbocycles. The van der Waals surface area contributed by atoms with E-state index in [-0.39, 0.29) is 5.75 Å². The van der Waals surface area contributed by atoms with Crippen LogP contribution in [-0.4, -0.2) is 9.79 Å². The Morgan fingerprint density at radius 1 is 1.14 bits per heavy atom. The standard InChI is InChI=1S/C6H4I3O4P/c7-3-1-4(8)6(5(9)2-3)13-14(10,11)12/h1-2H,(H2,10,11,12). The molecule has 0 atom stereocenters. The number of phosphoric acid groups is 1. The molecule has 0 unspecified atom stereocenters. The fourth-order valence-corrected chi connectivity index (χ4v) is 5.32. The lowest BCUT2D eigenvalue weighted by molar-refractivity contribution is 0.282. The normalized spacial score (nSPS) is 11.5. The quantitative estimate of drug-likeness (QED) is 0.438. The lowest BCUT2D eigenvalue weighted by atomic mass is 10.3. The van der Waals surface area contributed by atoms with E-state index in [0.29, 0.717) is 7.14 Å². The van der Waals surface area contributed by atoms with Crippen molar-refractivity contribution in [3.05, 3.63) is 22.8 Å². The van der Waals surface area contributed by atoms with E-state index >= 15 is 0 Å². The maximum atomic E-state index is 10.7. The van der Waals surface area contributed by atoms with Crippen molar-refractivity contribution in [1.29, 1.82) is 0 Å². The van der Waals surface area contributed by atoms with Crippen LogP contribution in [-0.2, 0) is 4.57 Å². The van der Waals surface area contributed by atoms with Gasteiger partial charge in [0.05, 0.1) is 7.14 Å². The van der Waals surface area contributed by atoms with Crippen LogP contribution in [0.1, 0.15) is 0 Å². The zero-order valence-electron chi connectivity index (χ0n) is 6.45. The smallest absolute Gasteiger partial charge is 0.402 e. The van der Waals surface area contributed by atoms with Crippen LogP contribution in [0, 0.1) is 10.7 Å². The van der Waals surface area contributed by atoms with Gasteiger partial charge < -0.3 is 4.52 Å². The highest BCUT2D eigenvalue weighted by atomic mass is 127. The minimum Gasteiger partial charge on any atom is -0.402 e. The average Bonchev–Trinajstić information content (AvgIpc) is 1.95. The predicted octanol–water partition coefficient (Wildman–Crippen LogP) is 2.97. The summed E-state index contributed by atoms with van der Waals surface area (Å²) in [7, 11) is -4.47. The van der Waals surface area contributed by atoms with Gasteiger partial charge in [0.25, 0.3) is 0 Å². The topological polar surface area (TPSA) is 66.8 Å². The summed E-state index contributed by atoms with van der Waals surface area (Å²) in [5, 5.41) is 0. The first-order valence-electron chi connectivity index (χ1n) is 3.19. The Labute approximate surface area is 121 Å². The van der Waals surface area contributed by atoms with Crippen molar-refractivity contribution in [2.75, 3.05) is 0 Å². The van der Waals surface area contributed by atoms with Gasteiger partial charge in [-0.1, -0.05) is 0 Å². The second kappa shape index (κ2) is 5.13. The van der Waals surface area contributed by atoms with E-state index < -0.39 is 7.82 Å². The van der Waals surface area contributed by atoms with Crippen molar-refractivity contribution in [3.63, 3.8) is 0 Å². The van der Waals surface area contributed by atoms with Crippen molar-refractivity contribution in [2.24, 2.45) is 0 Å². The second-order valence-corrected chi connectivity index (χ2v) is 7.01. The molecule has 0 heterocycles. The highest BCUT2D eigenvalue weighted by molar-refractivity contribution is 14.1. The molecule has 1 aromatic rings. The monoisotopic (exact) mass is 552 g/mol. The zero-order valence-corrected chi connectivity index (χ0v) is 13.8. The zero-order chi connectivity index (χ0) is 10.9. The summed E-state index contributed by atoms with van der Waals surface area (Å²) in [5.41, 5.74) is 0. The summed E-state index contributed by atoms with van der Waals surface area (Å²) in [6.07, 6.45) is 0. The van der Waals surface area contributed by atoms with Crippen LogP contribution in [0.15, 0.2) is 12.1 Å². The Bertz CT molecular complexity index is 379. The minimum absolute atomic E-state index is 0.236. The molecule has 1 aromatic carbocycles. The lowest BCUT2D eigenvalue weighted by Crippen LogP contribution is -1.95. The minimum atomic E-state index is -4.47. The number of benzene rings is 1. The highest BCUT2D eigenvalue weighted by Gasteiger charge is 2.20. The van der Waals surface area contributed by atoms with Gasteiger partial charge in [0.1, 0.15) is 0 Å². The third-order valence-electron chi connectivity index (χ3n) is 1.17. The van der Waals surface area contributed by atoms with Crippen LogP contribution in [0.5, 0.6) is 5.75 Å². The van der Waals surface area contributed by atoms with Gasteiger partial charge in [-0.25, -0.2) is 4.57 Å². The molecule has 0 amide bonds. The molecule has 0 aliphatic heterocycles. The Hall–Kier alpha value is 1.36. The Balaban J connectivity index is 3.15. The number of phosphoric ester groups is 1. The molecule has 78 valence electrons.